The molecule has 0 aromatic heterocycles. The SMILES string of the molecule is C[CH2][Sb+]([CH3])([CH3])[CH2]C. The summed E-state index contributed by atoms with van der Waals surface area (Å²) in [5.74, 6) is 0. The van der Waals surface area contributed by atoms with Crippen molar-refractivity contribution in [3.05, 3.63) is 0 Å². The Kier molecular flexibility index (Phi) is 3.32. The minimum absolute atomic E-state index is 1.19. The molecule has 0 bridgehead atoms. The second kappa shape index (κ2) is 2.97. The van der Waals surface area contributed by atoms with Crippen LogP contribution in [0, 0.1) is 0 Å². The molecule has 0 unspecified atom stereocenters. The normalized spacial score (nSPS) is 12.0. The van der Waals surface area contributed by atoms with Crippen LogP contribution in [0.4, 0.5) is 0 Å². The molecular weight excluding hydrogens is 194 g/mol. The summed E-state index contributed by atoms with van der Waals surface area (Å²) in [7, 11) is 0. The van der Waals surface area contributed by atoms with Gasteiger partial charge in [-0.15, -0.1) is 0 Å². The van der Waals surface area contributed by atoms with Crippen LogP contribution in [0.3, 0.4) is 0 Å². The van der Waals surface area contributed by atoms with Crippen molar-refractivity contribution in [1.82, 2.24) is 0 Å². The van der Waals surface area contributed by atoms with Gasteiger partial charge in [-0.2, -0.15) is 0 Å². The van der Waals surface area contributed by atoms with Gasteiger partial charge in [0.25, 0.3) is 0 Å². The number of hydrogen-bond acceptors (Lipinski definition) is 0. The summed E-state index contributed by atoms with van der Waals surface area (Å²) in [6.45, 7) is 4.66. The molecule has 0 saturated carbocycles. The topological polar surface area (TPSA) is 0 Å². The summed E-state index contributed by atoms with van der Waals surface area (Å²) < 4.78 is 2.99. The molecule has 0 N–H and O–H groups in total. The van der Waals surface area contributed by atoms with Crippen LogP contribution in [0.15, 0.2) is 0 Å². The van der Waals surface area contributed by atoms with Gasteiger partial charge in [-0.05, 0) is 0 Å². The molecule has 0 amide bonds. The molecule has 0 heterocycles. The molecule has 0 aromatic rings. The van der Waals surface area contributed by atoms with Gasteiger partial charge in [0.15, 0.2) is 0 Å². The molecule has 0 spiro atoms. The van der Waals surface area contributed by atoms with Crippen molar-refractivity contribution >= 4 is 18.8 Å². The zero-order valence-corrected chi connectivity index (χ0v) is 8.41. The first-order valence-corrected chi connectivity index (χ1v) is 11.7. The molecule has 0 aliphatic carbocycles. The molecule has 0 saturated heterocycles. The van der Waals surface area contributed by atoms with E-state index in [9.17, 15) is 0 Å². The second-order valence-electron chi connectivity index (χ2n) is 2.57. The molecular formula is C6H16Sb+. The van der Waals surface area contributed by atoms with E-state index in [1.807, 2.05) is 0 Å². The Hall–Kier alpha value is 0.818. The summed E-state index contributed by atoms with van der Waals surface area (Å²) in [6.07, 6.45) is 0. The average Bonchev–Trinajstić information content (AvgIpc) is 1.68. The first-order valence-electron chi connectivity index (χ1n) is 2.94. The van der Waals surface area contributed by atoms with Gasteiger partial charge in [0.1, 0.15) is 0 Å². The van der Waals surface area contributed by atoms with Crippen molar-refractivity contribution in [1.29, 1.82) is 0 Å². The third kappa shape index (κ3) is 3.40. The third-order valence-electron chi connectivity index (χ3n) is 1.71. The van der Waals surface area contributed by atoms with E-state index in [1.54, 1.807) is 0 Å². The predicted molar refractivity (Wildman–Crippen MR) is 38.4 cm³/mol. The molecule has 0 atom stereocenters. The fourth-order valence-electron chi connectivity index (χ4n) is 0.224. The van der Waals surface area contributed by atoms with Crippen LogP contribution in [0.5, 0.6) is 0 Å². The van der Waals surface area contributed by atoms with Gasteiger partial charge in [-0.3, -0.25) is 0 Å². The Morgan fingerprint density at radius 1 is 1.00 bits per heavy atom. The Balaban J connectivity index is 3.36. The van der Waals surface area contributed by atoms with Gasteiger partial charge in [0.05, 0.1) is 0 Å². The van der Waals surface area contributed by atoms with Crippen molar-refractivity contribution in [2.24, 2.45) is 0 Å². The van der Waals surface area contributed by atoms with E-state index in [0.29, 0.717) is 0 Å². The third-order valence-corrected chi connectivity index (χ3v) is 11.5. The van der Waals surface area contributed by atoms with Crippen LogP contribution in [0.25, 0.3) is 0 Å². The second-order valence-corrected chi connectivity index (χ2v) is 17.2. The van der Waals surface area contributed by atoms with Gasteiger partial charge in [-0.25, -0.2) is 0 Å². The van der Waals surface area contributed by atoms with E-state index in [2.05, 4.69) is 23.6 Å². The monoisotopic (exact) mass is 209 g/mol. The molecule has 44 valence electrons. The zero-order valence-electron chi connectivity index (χ0n) is 5.86. The van der Waals surface area contributed by atoms with Gasteiger partial charge < -0.3 is 0 Å². The summed E-state index contributed by atoms with van der Waals surface area (Å²) >= 11 is -1.19. The Labute approximate surface area is 51.3 Å². The van der Waals surface area contributed by atoms with E-state index >= 15 is 0 Å². The van der Waals surface area contributed by atoms with Crippen LogP contribution in [0.1, 0.15) is 13.8 Å². The Bertz CT molecular complexity index is 42.1. The van der Waals surface area contributed by atoms with Crippen LogP contribution in [-0.4, -0.2) is 18.8 Å². The van der Waals surface area contributed by atoms with Crippen molar-refractivity contribution in [2.75, 3.05) is 0 Å². The molecule has 7 heavy (non-hydrogen) atoms. The summed E-state index contributed by atoms with van der Waals surface area (Å²) in [4.78, 5) is 5.00. The standard InChI is InChI=1S/2C2H5.2CH3.Sb/c2*1-2;;;/h2*1H2,2H3;2*1H3;/q;;;;+1. The van der Waals surface area contributed by atoms with E-state index < -0.39 is 18.8 Å². The molecule has 0 fully saturated rings. The van der Waals surface area contributed by atoms with Gasteiger partial charge in [0, 0.05) is 0 Å². The van der Waals surface area contributed by atoms with Crippen molar-refractivity contribution in [3.63, 3.8) is 0 Å². The summed E-state index contributed by atoms with van der Waals surface area (Å²) in [5, 5.41) is 0. The van der Waals surface area contributed by atoms with Crippen molar-refractivity contribution in [2.45, 2.75) is 32.3 Å². The molecule has 0 rings (SSSR count). The van der Waals surface area contributed by atoms with Crippen LogP contribution in [-0.2, 0) is 0 Å². The van der Waals surface area contributed by atoms with Crippen LogP contribution >= 0.6 is 0 Å². The summed E-state index contributed by atoms with van der Waals surface area (Å²) in [6, 6.07) is 0. The van der Waals surface area contributed by atoms with E-state index in [4.69, 9.17) is 0 Å². The number of rotatable bonds is 2. The molecule has 0 aromatic carbocycles. The van der Waals surface area contributed by atoms with Gasteiger partial charge in [-0.1, -0.05) is 0 Å². The Morgan fingerprint density at radius 3 is 1.29 bits per heavy atom. The molecule has 0 aliphatic rings. The Morgan fingerprint density at radius 2 is 1.29 bits per heavy atom. The summed E-state index contributed by atoms with van der Waals surface area (Å²) in [5.41, 5.74) is 0. The van der Waals surface area contributed by atoms with E-state index in [0.717, 1.165) is 0 Å². The first kappa shape index (κ1) is 7.82. The average molecular weight is 210 g/mol. The van der Waals surface area contributed by atoms with E-state index in [1.165, 1.54) is 8.73 Å². The fraction of sp³-hybridized carbons (Fsp3) is 1.00. The zero-order chi connectivity index (χ0) is 5.91. The van der Waals surface area contributed by atoms with Crippen LogP contribution < -0.4 is 0 Å². The molecule has 0 aliphatic heterocycles. The molecule has 1 heteroatoms. The quantitative estimate of drug-likeness (QED) is 0.614. The first-order chi connectivity index (χ1) is 3.12. The predicted octanol–water partition coefficient (Wildman–Crippen LogP) is 2.73. The van der Waals surface area contributed by atoms with Gasteiger partial charge >= 0.3 is 51.1 Å². The number of hydrogen-bond donors (Lipinski definition) is 0. The van der Waals surface area contributed by atoms with Crippen LogP contribution in [0.2, 0.25) is 18.5 Å². The van der Waals surface area contributed by atoms with E-state index in [-0.39, 0.29) is 0 Å². The fourth-order valence-corrected chi connectivity index (χ4v) is 1.50. The minimum atomic E-state index is -1.19. The maximum atomic E-state index is 2.50. The van der Waals surface area contributed by atoms with Crippen molar-refractivity contribution in [3.8, 4) is 0 Å². The van der Waals surface area contributed by atoms with Gasteiger partial charge in [0.2, 0.25) is 0 Å². The molecule has 0 radical (unpaired) electrons. The molecule has 0 nitrogen and oxygen atoms in total. The van der Waals surface area contributed by atoms with Crippen molar-refractivity contribution < 1.29 is 0 Å². The maximum absolute atomic E-state index is 2.50.